The first kappa shape index (κ1) is 21.8. The summed E-state index contributed by atoms with van der Waals surface area (Å²) in [6, 6.07) is 11.3. The maximum atomic E-state index is 14.0. The summed E-state index contributed by atoms with van der Waals surface area (Å²) in [5.41, 5.74) is 0.695. The highest BCUT2D eigenvalue weighted by molar-refractivity contribution is 6.46. The average molecular weight is 437 g/mol. The normalized spacial score (nSPS) is 22.3. The number of halogens is 1. The van der Waals surface area contributed by atoms with E-state index in [1.165, 1.54) is 23.1 Å². The smallest absolute Gasteiger partial charge is 0.295 e. The number of ether oxygens (including phenoxy) is 2. The molecule has 0 aliphatic carbocycles. The Bertz CT molecular complexity index is 1060. The fourth-order valence-electron chi connectivity index (χ4n) is 4.12. The zero-order valence-corrected chi connectivity index (χ0v) is 17.5. The van der Waals surface area contributed by atoms with Gasteiger partial charge in [-0.2, -0.15) is 0 Å². The van der Waals surface area contributed by atoms with Gasteiger partial charge in [0, 0.05) is 18.7 Å². The number of nitrogens with zero attached hydrogens (tertiary/aromatic N) is 1. The van der Waals surface area contributed by atoms with Crippen molar-refractivity contribution in [1.29, 1.82) is 0 Å². The maximum Gasteiger partial charge on any atom is 0.295 e. The minimum atomic E-state index is -0.911. The highest BCUT2D eigenvalue weighted by Crippen LogP contribution is 2.40. The van der Waals surface area contributed by atoms with Crippen molar-refractivity contribution in [3.63, 3.8) is 0 Å². The number of carbonyl (C=O) groups is 2. The SMILES string of the molecule is C=CCOc1ccc(/C(O)=C2/C(=O)C(=O)N(CC3CCCO3)C2c2cccc(F)c2)cc1. The molecule has 7 heteroatoms. The summed E-state index contributed by atoms with van der Waals surface area (Å²) in [4.78, 5) is 27.3. The molecule has 2 fully saturated rings. The number of carbonyl (C=O) groups excluding carboxylic acids is 2. The molecule has 32 heavy (non-hydrogen) atoms. The van der Waals surface area contributed by atoms with Crippen LogP contribution in [0.1, 0.15) is 30.0 Å². The van der Waals surface area contributed by atoms with Crippen molar-refractivity contribution in [2.24, 2.45) is 0 Å². The first-order chi connectivity index (χ1) is 15.5. The number of Topliss-reactive ketones (excluding diaryl/α,β-unsaturated/α-hetero) is 1. The molecule has 2 heterocycles. The van der Waals surface area contributed by atoms with Gasteiger partial charge in [-0.05, 0) is 54.8 Å². The number of hydrogen-bond acceptors (Lipinski definition) is 5. The third kappa shape index (κ3) is 4.29. The molecule has 2 aromatic carbocycles. The van der Waals surface area contributed by atoms with E-state index in [1.54, 1.807) is 36.4 Å². The highest BCUT2D eigenvalue weighted by Gasteiger charge is 2.47. The predicted octanol–water partition coefficient (Wildman–Crippen LogP) is 3.99. The van der Waals surface area contributed by atoms with Crippen molar-refractivity contribution >= 4 is 17.4 Å². The van der Waals surface area contributed by atoms with Gasteiger partial charge in [-0.3, -0.25) is 9.59 Å². The van der Waals surface area contributed by atoms with Crippen LogP contribution in [0.15, 0.2) is 66.8 Å². The second-order valence-electron chi connectivity index (χ2n) is 7.77. The van der Waals surface area contributed by atoms with Gasteiger partial charge in [0.15, 0.2) is 0 Å². The number of benzene rings is 2. The summed E-state index contributed by atoms with van der Waals surface area (Å²) in [6.07, 6.45) is 3.05. The molecular weight excluding hydrogens is 413 g/mol. The highest BCUT2D eigenvalue weighted by atomic mass is 19.1. The standard InChI is InChI=1S/C25H24FNO5/c1-2-12-31-19-10-8-16(9-11-19)23(28)21-22(17-5-3-6-18(26)14-17)27(25(30)24(21)29)15-20-7-4-13-32-20/h2-3,5-6,8-11,14,20,22,28H,1,4,7,12-13,15H2/b23-21-. The number of aliphatic hydroxyl groups is 1. The van der Waals surface area contributed by atoms with Gasteiger partial charge < -0.3 is 19.5 Å². The van der Waals surface area contributed by atoms with Crippen LogP contribution >= 0.6 is 0 Å². The zero-order chi connectivity index (χ0) is 22.7. The third-order valence-electron chi connectivity index (χ3n) is 5.62. The van der Waals surface area contributed by atoms with E-state index in [1.807, 2.05) is 0 Å². The lowest BCUT2D eigenvalue weighted by molar-refractivity contribution is -0.140. The molecule has 2 aromatic rings. The Morgan fingerprint density at radius 2 is 2.03 bits per heavy atom. The number of likely N-dealkylation sites (tertiary alicyclic amines) is 1. The van der Waals surface area contributed by atoms with Gasteiger partial charge in [0.25, 0.3) is 11.7 Å². The van der Waals surface area contributed by atoms with E-state index in [2.05, 4.69) is 6.58 Å². The maximum absolute atomic E-state index is 14.0. The van der Waals surface area contributed by atoms with Crippen molar-refractivity contribution < 1.29 is 28.6 Å². The Morgan fingerprint density at radius 1 is 1.25 bits per heavy atom. The minimum absolute atomic E-state index is 0.0710. The Kier molecular flexibility index (Phi) is 6.37. The van der Waals surface area contributed by atoms with Crippen LogP contribution in [0.5, 0.6) is 5.75 Å². The topological polar surface area (TPSA) is 76.1 Å². The number of hydrogen-bond donors (Lipinski definition) is 1. The molecule has 0 spiro atoms. The summed E-state index contributed by atoms with van der Waals surface area (Å²) < 4.78 is 25.1. The molecule has 4 rings (SSSR count). The van der Waals surface area contributed by atoms with Gasteiger partial charge in [-0.1, -0.05) is 24.8 Å². The van der Waals surface area contributed by atoms with Gasteiger partial charge >= 0.3 is 0 Å². The van der Waals surface area contributed by atoms with Crippen molar-refractivity contribution in [2.75, 3.05) is 19.8 Å². The number of aliphatic hydroxyl groups excluding tert-OH is 1. The van der Waals surface area contributed by atoms with Crippen LogP contribution < -0.4 is 4.74 Å². The molecular formula is C25H24FNO5. The Labute approximate surface area is 185 Å². The van der Waals surface area contributed by atoms with Crippen molar-refractivity contribution in [3.8, 4) is 5.75 Å². The molecule has 2 aliphatic heterocycles. The molecule has 0 radical (unpaired) electrons. The van der Waals surface area contributed by atoms with Crippen molar-refractivity contribution in [2.45, 2.75) is 25.0 Å². The average Bonchev–Trinajstić information content (AvgIpc) is 3.40. The second-order valence-corrected chi connectivity index (χ2v) is 7.77. The fourth-order valence-corrected chi connectivity index (χ4v) is 4.12. The van der Waals surface area contributed by atoms with Crippen LogP contribution in [0.3, 0.4) is 0 Å². The van der Waals surface area contributed by atoms with Gasteiger partial charge in [0.05, 0.1) is 17.7 Å². The van der Waals surface area contributed by atoms with Gasteiger partial charge in [0.1, 0.15) is 23.9 Å². The molecule has 0 bridgehead atoms. The monoisotopic (exact) mass is 437 g/mol. The quantitative estimate of drug-likeness (QED) is 0.307. The summed E-state index contributed by atoms with van der Waals surface area (Å²) in [5.74, 6) is -1.78. The van der Waals surface area contributed by atoms with E-state index in [0.29, 0.717) is 30.1 Å². The Morgan fingerprint density at radius 3 is 2.69 bits per heavy atom. The van der Waals surface area contributed by atoms with Gasteiger partial charge in [-0.25, -0.2) is 4.39 Å². The molecule has 2 saturated heterocycles. The molecule has 6 nitrogen and oxygen atoms in total. The lowest BCUT2D eigenvalue weighted by Crippen LogP contribution is -2.36. The van der Waals surface area contributed by atoms with E-state index in [0.717, 1.165) is 12.8 Å². The van der Waals surface area contributed by atoms with Crippen LogP contribution in [0, 0.1) is 5.82 Å². The number of amides is 1. The van der Waals surface area contributed by atoms with Crippen molar-refractivity contribution in [3.05, 3.63) is 83.7 Å². The molecule has 0 saturated carbocycles. The van der Waals surface area contributed by atoms with Crippen LogP contribution in [0.4, 0.5) is 4.39 Å². The van der Waals surface area contributed by atoms with E-state index < -0.39 is 23.5 Å². The lowest BCUT2D eigenvalue weighted by atomic mass is 9.95. The molecule has 1 amide bonds. The summed E-state index contributed by atoms with van der Waals surface area (Å²) in [6.45, 7) is 4.71. The first-order valence-corrected chi connectivity index (χ1v) is 10.5. The van der Waals surface area contributed by atoms with E-state index in [4.69, 9.17) is 9.47 Å². The Balaban J connectivity index is 1.75. The van der Waals surface area contributed by atoms with Crippen LogP contribution in [0.2, 0.25) is 0 Å². The second kappa shape index (κ2) is 9.36. The first-order valence-electron chi connectivity index (χ1n) is 10.5. The van der Waals surface area contributed by atoms with Gasteiger partial charge in [-0.15, -0.1) is 0 Å². The van der Waals surface area contributed by atoms with E-state index in [-0.39, 0.29) is 24.0 Å². The largest absolute Gasteiger partial charge is 0.507 e. The van der Waals surface area contributed by atoms with E-state index in [9.17, 15) is 19.1 Å². The molecule has 2 unspecified atom stereocenters. The summed E-state index contributed by atoms with van der Waals surface area (Å²) in [5, 5.41) is 11.1. The molecule has 0 aromatic heterocycles. The predicted molar refractivity (Wildman–Crippen MR) is 117 cm³/mol. The Hall–Kier alpha value is -3.45. The van der Waals surface area contributed by atoms with E-state index >= 15 is 0 Å². The molecule has 166 valence electrons. The van der Waals surface area contributed by atoms with Crippen LogP contribution in [-0.4, -0.2) is 47.6 Å². The minimum Gasteiger partial charge on any atom is -0.507 e. The lowest BCUT2D eigenvalue weighted by Gasteiger charge is -2.27. The molecule has 2 atom stereocenters. The number of rotatable bonds is 7. The fraction of sp³-hybridized carbons (Fsp3) is 0.280. The molecule has 2 aliphatic rings. The van der Waals surface area contributed by atoms with Gasteiger partial charge in [0.2, 0.25) is 0 Å². The summed E-state index contributed by atoms with van der Waals surface area (Å²) in [7, 11) is 0. The zero-order valence-electron chi connectivity index (χ0n) is 17.5. The third-order valence-corrected chi connectivity index (χ3v) is 5.62. The number of ketones is 1. The van der Waals surface area contributed by atoms with Crippen LogP contribution in [0.25, 0.3) is 5.76 Å². The summed E-state index contributed by atoms with van der Waals surface area (Å²) >= 11 is 0. The molecule has 1 N–H and O–H groups in total. The van der Waals surface area contributed by atoms with Crippen molar-refractivity contribution in [1.82, 2.24) is 4.90 Å². The van der Waals surface area contributed by atoms with Crippen LogP contribution in [-0.2, 0) is 14.3 Å².